The van der Waals surface area contributed by atoms with Crippen LogP contribution in [0.4, 0.5) is 11.4 Å². The van der Waals surface area contributed by atoms with Crippen LogP contribution in [-0.2, 0) is 19.6 Å². The van der Waals surface area contributed by atoms with Crippen LogP contribution in [0.1, 0.15) is 0 Å². The van der Waals surface area contributed by atoms with Crippen LogP contribution in [0.3, 0.4) is 0 Å². The number of nitrogens with zero attached hydrogens (tertiary/aromatic N) is 2. The highest BCUT2D eigenvalue weighted by Crippen LogP contribution is 2.32. The van der Waals surface area contributed by atoms with E-state index in [1.165, 1.54) is 44.3 Å². The van der Waals surface area contributed by atoms with Gasteiger partial charge in [-0.15, -0.1) is 0 Å². The lowest BCUT2D eigenvalue weighted by Gasteiger charge is -2.28. The maximum Gasteiger partial charge on any atom is 0.265 e. The molecule has 1 aliphatic heterocycles. The second kappa shape index (κ2) is 8.10. The summed E-state index contributed by atoms with van der Waals surface area (Å²) in [5.74, 6) is -0.0520. The smallest absolute Gasteiger partial charge is 0.265 e. The Kier molecular flexibility index (Phi) is 5.76. The molecule has 3 rings (SSSR count). The van der Waals surface area contributed by atoms with E-state index in [0.29, 0.717) is 17.2 Å². The summed E-state index contributed by atoms with van der Waals surface area (Å²) in [5, 5.41) is 2.63. The van der Waals surface area contributed by atoms with Gasteiger partial charge in [-0.1, -0.05) is 12.1 Å². The fourth-order valence-electron chi connectivity index (χ4n) is 2.82. The molecule has 0 radical (unpaired) electrons. The number of carbonyl (C=O) groups excluding carboxylic acids is 2. The molecule has 0 atom stereocenters. The van der Waals surface area contributed by atoms with E-state index in [0.717, 1.165) is 4.31 Å². The number of benzene rings is 2. The monoisotopic (exact) mass is 419 g/mol. The van der Waals surface area contributed by atoms with Gasteiger partial charge in [0.15, 0.2) is 6.61 Å². The van der Waals surface area contributed by atoms with E-state index in [-0.39, 0.29) is 29.6 Å². The number of hydrogen-bond acceptors (Lipinski definition) is 6. The van der Waals surface area contributed by atoms with Crippen LogP contribution in [0.25, 0.3) is 0 Å². The highest BCUT2D eigenvalue weighted by molar-refractivity contribution is 7.89. The number of sulfonamides is 1. The van der Waals surface area contributed by atoms with Gasteiger partial charge in [-0.3, -0.25) is 14.5 Å². The number of para-hydroxylation sites is 2. The van der Waals surface area contributed by atoms with Crippen LogP contribution >= 0.6 is 0 Å². The van der Waals surface area contributed by atoms with Gasteiger partial charge in [0.05, 0.1) is 23.4 Å². The molecule has 0 fully saturated rings. The molecule has 0 bridgehead atoms. The number of nitrogens with one attached hydrogen (secondary N) is 1. The lowest BCUT2D eigenvalue weighted by Crippen LogP contribution is -2.43. The summed E-state index contributed by atoms with van der Waals surface area (Å²) in [6.45, 7) is -0.419. The number of amides is 2. The van der Waals surface area contributed by atoms with Gasteiger partial charge < -0.3 is 14.8 Å². The molecule has 154 valence electrons. The summed E-state index contributed by atoms with van der Waals surface area (Å²) in [6, 6.07) is 11.1. The number of anilines is 2. The fraction of sp³-hybridized carbons (Fsp3) is 0.263. The zero-order valence-electron chi connectivity index (χ0n) is 16.2. The van der Waals surface area contributed by atoms with Gasteiger partial charge in [0, 0.05) is 14.1 Å². The molecular weight excluding hydrogens is 398 g/mol. The molecule has 0 aromatic heterocycles. The lowest BCUT2D eigenvalue weighted by molar-refractivity contribution is -0.123. The second-order valence-electron chi connectivity index (χ2n) is 6.43. The van der Waals surface area contributed by atoms with Crippen molar-refractivity contribution in [3.05, 3.63) is 42.5 Å². The molecule has 0 saturated carbocycles. The summed E-state index contributed by atoms with van der Waals surface area (Å²) < 4.78 is 36.4. The molecule has 2 aromatic rings. The zero-order valence-corrected chi connectivity index (χ0v) is 17.0. The molecule has 2 aromatic carbocycles. The van der Waals surface area contributed by atoms with Crippen molar-refractivity contribution in [2.45, 2.75) is 4.90 Å². The van der Waals surface area contributed by atoms with E-state index >= 15 is 0 Å². The van der Waals surface area contributed by atoms with E-state index in [1.54, 1.807) is 24.3 Å². The van der Waals surface area contributed by atoms with Crippen molar-refractivity contribution in [2.75, 3.05) is 44.6 Å². The quantitative estimate of drug-likeness (QED) is 0.757. The minimum atomic E-state index is -3.69. The largest absolute Gasteiger partial charge is 0.495 e. The van der Waals surface area contributed by atoms with Crippen molar-refractivity contribution in [1.82, 2.24) is 4.31 Å². The number of methoxy groups -OCH3 is 1. The first kappa shape index (κ1) is 20.6. The third-order valence-corrected chi connectivity index (χ3v) is 6.14. The average molecular weight is 419 g/mol. The van der Waals surface area contributed by atoms with Gasteiger partial charge in [0.25, 0.3) is 5.91 Å². The maximum absolute atomic E-state index is 12.6. The Balaban J connectivity index is 1.85. The van der Waals surface area contributed by atoms with Gasteiger partial charge in [-0.2, -0.15) is 0 Å². The Labute approximate surface area is 168 Å². The van der Waals surface area contributed by atoms with Crippen LogP contribution in [0, 0.1) is 0 Å². The molecule has 1 N–H and O–H groups in total. The van der Waals surface area contributed by atoms with E-state index in [9.17, 15) is 18.0 Å². The number of hydrogen-bond donors (Lipinski definition) is 1. The Hall–Kier alpha value is -3.11. The lowest BCUT2D eigenvalue weighted by atomic mass is 10.2. The van der Waals surface area contributed by atoms with Gasteiger partial charge >= 0.3 is 0 Å². The molecule has 1 heterocycles. The van der Waals surface area contributed by atoms with E-state index in [4.69, 9.17) is 9.47 Å². The standard InChI is InChI=1S/C19H21N3O6S/c1-21(2)29(25,26)13-8-9-16(27-3)14(10-13)20-18(23)11-22-15-6-4-5-7-17(15)28-12-19(22)24/h4-10H,11-12H2,1-3H3,(H,20,23). The van der Waals surface area contributed by atoms with Crippen LogP contribution < -0.4 is 19.7 Å². The van der Waals surface area contributed by atoms with Crippen molar-refractivity contribution in [3.63, 3.8) is 0 Å². The average Bonchev–Trinajstić information content (AvgIpc) is 2.70. The normalized spacial score (nSPS) is 13.7. The highest BCUT2D eigenvalue weighted by Gasteiger charge is 2.27. The van der Waals surface area contributed by atoms with Crippen molar-refractivity contribution >= 4 is 33.2 Å². The molecule has 0 saturated heterocycles. The minimum Gasteiger partial charge on any atom is -0.495 e. The Morgan fingerprint density at radius 1 is 1.24 bits per heavy atom. The fourth-order valence-corrected chi connectivity index (χ4v) is 3.75. The number of ether oxygens (including phenoxy) is 2. The number of carbonyl (C=O) groups is 2. The molecule has 1 aliphatic rings. The van der Waals surface area contributed by atoms with Crippen molar-refractivity contribution in [3.8, 4) is 11.5 Å². The molecule has 0 aliphatic carbocycles. The van der Waals surface area contributed by atoms with Crippen molar-refractivity contribution in [2.24, 2.45) is 0 Å². The molecule has 0 unspecified atom stereocenters. The topological polar surface area (TPSA) is 105 Å². The van der Waals surface area contributed by atoms with Gasteiger partial charge in [0.1, 0.15) is 18.0 Å². The molecule has 0 spiro atoms. The first-order valence-electron chi connectivity index (χ1n) is 8.66. The number of rotatable bonds is 6. The third kappa shape index (κ3) is 4.17. The predicted octanol–water partition coefficient (Wildman–Crippen LogP) is 1.31. The zero-order chi connectivity index (χ0) is 21.2. The van der Waals surface area contributed by atoms with Crippen molar-refractivity contribution < 1.29 is 27.5 Å². The van der Waals surface area contributed by atoms with Crippen LogP contribution in [-0.4, -0.2) is 58.9 Å². The van der Waals surface area contributed by atoms with Crippen LogP contribution in [0.2, 0.25) is 0 Å². The summed E-state index contributed by atoms with van der Waals surface area (Å²) in [4.78, 5) is 26.2. The van der Waals surface area contributed by atoms with Crippen LogP contribution in [0.5, 0.6) is 11.5 Å². The third-order valence-electron chi connectivity index (χ3n) is 4.33. The maximum atomic E-state index is 12.6. The first-order chi connectivity index (χ1) is 13.7. The molecular formula is C19H21N3O6S. The molecule has 10 heteroatoms. The Bertz CT molecular complexity index is 1050. The summed E-state index contributed by atoms with van der Waals surface area (Å²) in [6.07, 6.45) is 0. The van der Waals surface area contributed by atoms with E-state index < -0.39 is 15.9 Å². The molecule has 29 heavy (non-hydrogen) atoms. The van der Waals surface area contributed by atoms with Crippen molar-refractivity contribution in [1.29, 1.82) is 0 Å². The second-order valence-corrected chi connectivity index (χ2v) is 8.59. The van der Waals surface area contributed by atoms with E-state index in [2.05, 4.69) is 5.32 Å². The highest BCUT2D eigenvalue weighted by atomic mass is 32.2. The summed E-state index contributed by atoms with van der Waals surface area (Å²) in [7, 11) is 0.551. The summed E-state index contributed by atoms with van der Waals surface area (Å²) in [5.41, 5.74) is 0.684. The minimum absolute atomic E-state index is 0.00592. The van der Waals surface area contributed by atoms with Gasteiger partial charge in [-0.05, 0) is 30.3 Å². The van der Waals surface area contributed by atoms with Gasteiger partial charge in [-0.25, -0.2) is 12.7 Å². The van der Waals surface area contributed by atoms with Gasteiger partial charge in [0.2, 0.25) is 15.9 Å². The SMILES string of the molecule is COc1ccc(S(=O)(=O)N(C)C)cc1NC(=O)CN1C(=O)COc2ccccc21. The first-order valence-corrected chi connectivity index (χ1v) is 10.1. The Morgan fingerprint density at radius 3 is 2.66 bits per heavy atom. The summed E-state index contributed by atoms with van der Waals surface area (Å²) >= 11 is 0. The Morgan fingerprint density at radius 2 is 1.97 bits per heavy atom. The molecule has 2 amide bonds. The number of fused-ring (bicyclic) bond motifs is 1. The predicted molar refractivity (Wildman–Crippen MR) is 107 cm³/mol. The van der Waals surface area contributed by atoms with Crippen LogP contribution in [0.15, 0.2) is 47.4 Å². The van der Waals surface area contributed by atoms with E-state index in [1.807, 2.05) is 0 Å². The molecule has 9 nitrogen and oxygen atoms in total.